The van der Waals surface area contributed by atoms with Crippen molar-refractivity contribution in [2.24, 2.45) is 0 Å². The van der Waals surface area contributed by atoms with E-state index < -0.39 is 19.0 Å². The maximum atomic E-state index is 13.0. The summed E-state index contributed by atoms with van der Waals surface area (Å²) in [7, 11) is 0. The van der Waals surface area contributed by atoms with Gasteiger partial charge >= 0.3 is 18.4 Å². The highest BCUT2D eigenvalue weighted by atomic mass is 19.3. The van der Waals surface area contributed by atoms with Crippen LogP contribution in [0.5, 0.6) is 0 Å². The molecule has 0 radical (unpaired) electrons. The van der Waals surface area contributed by atoms with Crippen LogP contribution in [-0.4, -0.2) is 66.0 Å². The Hall–Kier alpha value is -2.95. The number of amides is 2. The zero-order chi connectivity index (χ0) is 24.9. The maximum Gasteiger partial charge on any atom is 0.330 e. The van der Waals surface area contributed by atoms with E-state index in [0.717, 1.165) is 17.3 Å². The molecule has 11 heteroatoms. The van der Waals surface area contributed by atoms with Crippen LogP contribution in [0.3, 0.4) is 0 Å². The van der Waals surface area contributed by atoms with Crippen molar-refractivity contribution in [1.82, 2.24) is 14.9 Å². The van der Waals surface area contributed by atoms with Crippen LogP contribution >= 0.6 is 0 Å². The van der Waals surface area contributed by atoms with Crippen molar-refractivity contribution >= 4 is 17.5 Å². The molecule has 1 aliphatic heterocycles. The van der Waals surface area contributed by atoms with Crippen LogP contribution in [0.15, 0.2) is 30.3 Å². The number of nitrogens with one attached hydrogen (secondary N) is 1. The van der Waals surface area contributed by atoms with Crippen LogP contribution in [0.4, 0.5) is 33.9 Å². The van der Waals surface area contributed by atoms with Crippen molar-refractivity contribution < 1.29 is 27.1 Å². The predicted molar refractivity (Wildman–Crippen MR) is 121 cm³/mol. The molecule has 2 heterocycles. The van der Waals surface area contributed by atoms with Crippen LogP contribution in [0, 0.1) is 6.92 Å². The van der Waals surface area contributed by atoms with E-state index in [9.17, 15) is 22.4 Å². The highest BCUT2D eigenvalue weighted by Gasteiger charge is 2.40. The third-order valence-electron chi connectivity index (χ3n) is 5.33. The Morgan fingerprint density at radius 1 is 1.15 bits per heavy atom. The molecule has 2 amide bonds. The fraction of sp³-hybridized carbons (Fsp3) is 0.522. The number of aromatic nitrogens is 2. The van der Waals surface area contributed by atoms with Crippen LogP contribution in [-0.2, 0) is 11.3 Å². The number of alkyl halides is 4. The summed E-state index contributed by atoms with van der Waals surface area (Å²) in [5.74, 6) is -2.35. The van der Waals surface area contributed by atoms with E-state index in [1.807, 2.05) is 26.8 Å². The van der Waals surface area contributed by atoms with E-state index in [-0.39, 0.29) is 18.6 Å². The molecule has 2 aromatic rings. The molecule has 1 aliphatic rings. The highest BCUT2D eigenvalue weighted by Crippen LogP contribution is 2.24. The third-order valence-corrected chi connectivity index (χ3v) is 5.33. The number of carbonyl (C=O) groups excluding carboxylic acids is 1. The summed E-state index contributed by atoms with van der Waals surface area (Å²) in [4.78, 5) is 25.6. The molecule has 1 aromatic carbocycles. The summed E-state index contributed by atoms with van der Waals surface area (Å²) in [5, 5.41) is 2.78. The number of halogens is 4. The molecule has 3 rings (SSSR count). The van der Waals surface area contributed by atoms with Crippen LogP contribution < -0.4 is 10.2 Å². The molecule has 0 atom stereocenters. The second-order valence-corrected chi connectivity index (χ2v) is 8.54. The lowest BCUT2D eigenvalue weighted by Crippen LogP contribution is -2.50. The van der Waals surface area contributed by atoms with Gasteiger partial charge in [0.1, 0.15) is 18.2 Å². The largest absolute Gasteiger partial charge is 0.370 e. The van der Waals surface area contributed by atoms with Gasteiger partial charge in [0.25, 0.3) is 0 Å². The zero-order valence-electron chi connectivity index (χ0n) is 19.4. The normalized spacial score (nSPS) is 14.7. The van der Waals surface area contributed by atoms with Crippen molar-refractivity contribution in [2.75, 3.05) is 43.0 Å². The number of anilines is 2. The van der Waals surface area contributed by atoms with Gasteiger partial charge in [0.15, 0.2) is 0 Å². The number of urea groups is 1. The Kier molecular flexibility index (Phi) is 8.29. The van der Waals surface area contributed by atoms with E-state index in [1.54, 1.807) is 29.2 Å². The van der Waals surface area contributed by atoms with Gasteiger partial charge in [-0.15, -0.1) is 0 Å². The van der Waals surface area contributed by atoms with Gasteiger partial charge in [-0.1, -0.05) is 26.0 Å². The average Bonchev–Trinajstić information content (AvgIpc) is 2.78. The lowest BCUT2D eigenvalue weighted by molar-refractivity contribution is -0.168. The topological polar surface area (TPSA) is 70.6 Å². The molecule has 186 valence electrons. The quantitative estimate of drug-likeness (QED) is 0.552. The van der Waals surface area contributed by atoms with Gasteiger partial charge in [-0.2, -0.15) is 8.78 Å². The molecular weight excluding hydrogens is 454 g/mol. The number of rotatable bonds is 8. The van der Waals surface area contributed by atoms with Crippen molar-refractivity contribution in [1.29, 1.82) is 0 Å². The van der Waals surface area contributed by atoms with Crippen molar-refractivity contribution in [3.63, 3.8) is 0 Å². The van der Waals surface area contributed by atoms with Crippen LogP contribution in [0.2, 0.25) is 0 Å². The van der Waals surface area contributed by atoms with Gasteiger partial charge in [0.2, 0.25) is 0 Å². The molecule has 1 fully saturated rings. The lowest BCUT2D eigenvalue weighted by Gasteiger charge is -2.35. The smallest absolute Gasteiger partial charge is 0.330 e. The first-order valence-corrected chi connectivity index (χ1v) is 11.0. The third kappa shape index (κ3) is 6.78. The highest BCUT2D eigenvalue weighted by molar-refractivity contribution is 5.89. The molecule has 0 saturated carbocycles. The first kappa shape index (κ1) is 25.7. The van der Waals surface area contributed by atoms with Gasteiger partial charge in [-0.3, -0.25) is 0 Å². The maximum absolute atomic E-state index is 13.0. The number of ether oxygens (including phenoxy) is 1. The van der Waals surface area contributed by atoms with Gasteiger partial charge < -0.3 is 19.9 Å². The minimum absolute atomic E-state index is 0.215. The van der Waals surface area contributed by atoms with E-state index in [0.29, 0.717) is 37.4 Å². The zero-order valence-corrected chi connectivity index (χ0v) is 19.4. The van der Waals surface area contributed by atoms with Gasteiger partial charge in [-0.05, 0) is 24.6 Å². The van der Waals surface area contributed by atoms with Crippen LogP contribution in [0.25, 0.3) is 0 Å². The molecule has 1 aromatic heterocycles. The van der Waals surface area contributed by atoms with Crippen molar-refractivity contribution in [3.8, 4) is 0 Å². The summed E-state index contributed by atoms with van der Waals surface area (Å²) < 4.78 is 55.1. The second-order valence-electron chi connectivity index (χ2n) is 8.54. The molecule has 0 spiro atoms. The fourth-order valence-corrected chi connectivity index (χ4v) is 3.44. The van der Waals surface area contributed by atoms with Crippen molar-refractivity contribution in [3.05, 3.63) is 47.4 Å². The van der Waals surface area contributed by atoms with E-state index in [1.165, 1.54) is 0 Å². The van der Waals surface area contributed by atoms with E-state index in [2.05, 4.69) is 20.2 Å². The number of hydrogen-bond donors (Lipinski definition) is 1. The molecule has 1 saturated heterocycles. The average molecular weight is 484 g/mol. The van der Waals surface area contributed by atoms with Crippen LogP contribution in [0.1, 0.15) is 36.8 Å². The van der Waals surface area contributed by atoms with E-state index >= 15 is 0 Å². The molecule has 0 aliphatic carbocycles. The molecule has 34 heavy (non-hydrogen) atoms. The Morgan fingerprint density at radius 2 is 1.85 bits per heavy atom. The Morgan fingerprint density at radius 3 is 2.50 bits per heavy atom. The number of hydrogen-bond acceptors (Lipinski definition) is 5. The molecular formula is C23H29F4N5O2. The number of nitrogens with zero attached hydrogens (tertiary/aromatic N) is 4. The minimum Gasteiger partial charge on any atom is -0.370 e. The number of piperazine rings is 1. The number of carbonyl (C=O) groups is 1. The summed E-state index contributed by atoms with van der Waals surface area (Å²) in [5.41, 5.74) is 1.84. The molecule has 1 N–H and O–H groups in total. The predicted octanol–water partition coefficient (Wildman–Crippen LogP) is 4.68. The number of aryl methyl sites for hydroxylation is 1. The second kappa shape index (κ2) is 11.0. The van der Waals surface area contributed by atoms with Gasteiger partial charge in [0, 0.05) is 49.5 Å². The molecule has 0 unspecified atom stereocenters. The fourth-order valence-electron chi connectivity index (χ4n) is 3.44. The first-order chi connectivity index (χ1) is 16.0. The monoisotopic (exact) mass is 483 g/mol. The van der Waals surface area contributed by atoms with Gasteiger partial charge in [-0.25, -0.2) is 23.5 Å². The van der Waals surface area contributed by atoms with Gasteiger partial charge in [0.05, 0.1) is 6.61 Å². The van der Waals surface area contributed by atoms with E-state index in [4.69, 9.17) is 4.74 Å². The Balaban J connectivity index is 1.52. The number of benzene rings is 1. The first-order valence-electron chi connectivity index (χ1n) is 11.0. The Bertz CT molecular complexity index is 982. The Labute approximate surface area is 196 Å². The summed E-state index contributed by atoms with van der Waals surface area (Å²) in [6, 6.07) is 8.09. The van der Waals surface area contributed by atoms with Crippen molar-refractivity contribution in [2.45, 2.75) is 45.6 Å². The standard InChI is InChI=1S/C23H29F4N5O2/c1-15(2)20-28-16(3)11-19(30-20)31-7-9-32(10-8-31)22(33)29-18-6-4-5-17(12-18)13-34-14-23(26,27)21(24)25/h4-6,11-12,15,21H,7-10,13-14H2,1-3H3,(H,29,33). The minimum atomic E-state index is -4.20. The SMILES string of the molecule is Cc1cc(N2CCN(C(=O)Nc3cccc(COCC(F)(F)C(F)F)c3)CC2)nc(C(C)C)n1. The summed E-state index contributed by atoms with van der Waals surface area (Å²) in [6.07, 6.45) is -3.78. The summed E-state index contributed by atoms with van der Waals surface area (Å²) in [6.45, 7) is 6.60. The lowest BCUT2D eigenvalue weighted by atomic mass is 10.2. The molecule has 0 bridgehead atoms. The summed E-state index contributed by atoms with van der Waals surface area (Å²) >= 11 is 0. The molecule has 7 nitrogen and oxygen atoms in total.